The maximum absolute atomic E-state index is 11.1. The van der Waals surface area contributed by atoms with Crippen LogP contribution in [0.15, 0.2) is 18.2 Å². The molecule has 0 bridgehead atoms. The van der Waals surface area contributed by atoms with Crippen molar-refractivity contribution in [1.29, 1.82) is 0 Å². The molecule has 0 radical (unpaired) electrons. The van der Waals surface area contributed by atoms with Gasteiger partial charge < -0.3 is 5.73 Å². The molecular weight excluding hydrogens is 198 g/mol. The Morgan fingerprint density at radius 3 is 2.75 bits per heavy atom. The molecule has 0 aromatic heterocycles. The smallest absolute Gasteiger partial charge is 0.248 e. The van der Waals surface area contributed by atoms with Gasteiger partial charge in [-0.1, -0.05) is 19.9 Å². The van der Waals surface area contributed by atoms with Crippen molar-refractivity contribution in [1.82, 2.24) is 0 Å². The Morgan fingerprint density at radius 2 is 2.12 bits per heavy atom. The maximum Gasteiger partial charge on any atom is 0.248 e. The van der Waals surface area contributed by atoms with E-state index in [1.165, 1.54) is 17.5 Å². The van der Waals surface area contributed by atoms with Gasteiger partial charge in [0.1, 0.15) is 0 Å². The number of fused-ring (bicyclic) bond motifs is 1. The molecule has 2 nitrogen and oxygen atoms in total. The Balaban J connectivity index is 2.25. The quantitative estimate of drug-likeness (QED) is 0.812. The fourth-order valence-corrected chi connectivity index (χ4v) is 2.51. The molecule has 0 saturated carbocycles. The molecule has 16 heavy (non-hydrogen) atoms. The van der Waals surface area contributed by atoms with Crippen LogP contribution >= 0.6 is 0 Å². The molecule has 2 rings (SSSR count). The lowest BCUT2D eigenvalue weighted by atomic mass is 9.78. The van der Waals surface area contributed by atoms with Crippen molar-refractivity contribution in [3.05, 3.63) is 34.9 Å². The molecule has 1 aromatic rings. The maximum atomic E-state index is 11.1. The largest absolute Gasteiger partial charge is 0.366 e. The molecule has 0 fully saturated rings. The van der Waals surface area contributed by atoms with Crippen LogP contribution in [-0.4, -0.2) is 5.91 Å². The summed E-state index contributed by atoms with van der Waals surface area (Å²) < 4.78 is 0. The number of primary amides is 1. The van der Waals surface area contributed by atoms with Crippen molar-refractivity contribution in [3.63, 3.8) is 0 Å². The highest BCUT2D eigenvalue weighted by molar-refractivity contribution is 5.93. The summed E-state index contributed by atoms with van der Waals surface area (Å²) in [6, 6.07) is 5.89. The third-order valence-corrected chi connectivity index (χ3v) is 3.70. The highest BCUT2D eigenvalue weighted by Gasteiger charge is 2.21. The second kappa shape index (κ2) is 4.28. The number of carbonyl (C=O) groups excluding carboxylic acids is 1. The molecule has 2 N–H and O–H groups in total. The summed E-state index contributed by atoms with van der Waals surface area (Å²) >= 11 is 0. The number of nitrogens with two attached hydrogens (primary N) is 1. The third-order valence-electron chi connectivity index (χ3n) is 3.70. The van der Waals surface area contributed by atoms with E-state index < -0.39 is 0 Å². The molecule has 0 heterocycles. The van der Waals surface area contributed by atoms with Gasteiger partial charge in [0.15, 0.2) is 0 Å². The first-order chi connectivity index (χ1) is 7.58. The van der Waals surface area contributed by atoms with E-state index in [4.69, 9.17) is 5.73 Å². The van der Waals surface area contributed by atoms with E-state index >= 15 is 0 Å². The highest BCUT2D eigenvalue weighted by Crippen LogP contribution is 2.30. The summed E-state index contributed by atoms with van der Waals surface area (Å²) in [5, 5.41) is 0. The van der Waals surface area contributed by atoms with Gasteiger partial charge in [0.2, 0.25) is 5.91 Å². The van der Waals surface area contributed by atoms with Gasteiger partial charge in [0.25, 0.3) is 0 Å². The molecule has 1 aromatic carbocycles. The van der Waals surface area contributed by atoms with Crippen molar-refractivity contribution in [2.75, 3.05) is 0 Å². The molecule has 1 amide bonds. The topological polar surface area (TPSA) is 43.1 Å². The average Bonchev–Trinajstić information content (AvgIpc) is 2.27. The SMILES string of the molecule is CC(C)C1CCc2cc(C(N)=O)ccc2C1. The van der Waals surface area contributed by atoms with Crippen molar-refractivity contribution >= 4 is 5.91 Å². The summed E-state index contributed by atoms with van der Waals surface area (Å²) in [4.78, 5) is 11.1. The zero-order chi connectivity index (χ0) is 11.7. The number of rotatable bonds is 2. The van der Waals surface area contributed by atoms with E-state index in [1.54, 1.807) is 0 Å². The molecule has 1 atom stereocenters. The first-order valence-electron chi connectivity index (χ1n) is 5.99. The van der Waals surface area contributed by atoms with E-state index in [0.717, 1.165) is 24.7 Å². The van der Waals surface area contributed by atoms with Gasteiger partial charge in [-0.3, -0.25) is 4.79 Å². The fraction of sp³-hybridized carbons (Fsp3) is 0.500. The lowest BCUT2D eigenvalue weighted by Crippen LogP contribution is -2.20. The van der Waals surface area contributed by atoms with E-state index in [2.05, 4.69) is 19.9 Å². The Hall–Kier alpha value is -1.31. The van der Waals surface area contributed by atoms with Crippen molar-refractivity contribution in [3.8, 4) is 0 Å². The minimum absolute atomic E-state index is 0.325. The third kappa shape index (κ3) is 2.11. The molecule has 0 saturated heterocycles. The summed E-state index contributed by atoms with van der Waals surface area (Å²) in [5.41, 5.74) is 8.64. The zero-order valence-corrected chi connectivity index (χ0v) is 9.99. The normalized spacial score (nSPS) is 19.6. The minimum atomic E-state index is -0.325. The van der Waals surface area contributed by atoms with Crippen LogP contribution in [0.2, 0.25) is 0 Å². The van der Waals surface area contributed by atoms with Crippen LogP contribution in [-0.2, 0) is 12.8 Å². The van der Waals surface area contributed by atoms with Crippen LogP contribution in [0.25, 0.3) is 0 Å². The van der Waals surface area contributed by atoms with Crippen LogP contribution in [0.1, 0.15) is 41.8 Å². The van der Waals surface area contributed by atoms with Crippen LogP contribution in [0.5, 0.6) is 0 Å². The number of amides is 1. The predicted molar refractivity (Wildman–Crippen MR) is 65.3 cm³/mol. The van der Waals surface area contributed by atoms with Crippen molar-refractivity contribution in [2.45, 2.75) is 33.1 Å². The first-order valence-corrected chi connectivity index (χ1v) is 5.99. The Morgan fingerprint density at radius 1 is 1.38 bits per heavy atom. The molecule has 0 aliphatic heterocycles. The Kier molecular flexibility index (Phi) is 2.99. The van der Waals surface area contributed by atoms with E-state index in [1.807, 2.05) is 12.1 Å². The van der Waals surface area contributed by atoms with Gasteiger partial charge in [-0.15, -0.1) is 0 Å². The lowest BCUT2D eigenvalue weighted by Gasteiger charge is -2.27. The second-order valence-corrected chi connectivity index (χ2v) is 5.09. The summed E-state index contributed by atoms with van der Waals surface area (Å²) in [7, 11) is 0. The molecule has 1 unspecified atom stereocenters. The van der Waals surface area contributed by atoms with E-state index in [0.29, 0.717) is 5.56 Å². The first kappa shape index (κ1) is 11.2. The molecule has 0 spiro atoms. The van der Waals surface area contributed by atoms with Gasteiger partial charge in [-0.05, 0) is 54.4 Å². The van der Waals surface area contributed by atoms with Gasteiger partial charge >= 0.3 is 0 Å². The molecule has 86 valence electrons. The molecular formula is C14H19NO. The lowest BCUT2D eigenvalue weighted by molar-refractivity contribution is 0.1000. The Bertz CT molecular complexity index is 409. The fourth-order valence-electron chi connectivity index (χ4n) is 2.51. The average molecular weight is 217 g/mol. The van der Waals surface area contributed by atoms with Crippen molar-refractivity contribution < 1.29 is 4.79 Å². The predicted octanol–water partition coefficient (Wildman–Crippen LogP) is 2.55. The van der Waals surface area contributed by atoms with Crippen molar-refractivity contribution in [2.24, 2.45) is 17.6 Å². The molecule has 1 aliphatic carbocycles. The molecule has 2 heteroatoms. The summed E-state index contributed by atoms with van der Waals surface area (Å²) in [5.74, 6) is 1.20. The van der Waals surface area contributed by atoms with Gasteiger partial charge in [0, 0.05) is 5.56 Å². The second-order valence-electron chi connectivity index (χ2n) is 5.09. The summed E-state index contributed by atoms with van der Waals surface area (Å²) in [6.07, 6.45) is 3.46. The number of benzene rings is 1. The van der Waals surface area contributed by atoms with Crippen LogP contribution in [0.3, 0.4) is 0 Å². The van der Waals surface area contributed by atoms with Crippen LogP contribution in [0.4, 0.5) is 0 Å². The monoisotopic (exact) mass is 217 g/mol. The van der Waals surface area contributed by atoms with Gasteiger partial charge in [-0.2, -0.15) is 0 Å². The highest BCUT2D eigenvalue weighted by atomic mass is 16.1. The van der Waals surface area contributed by atoms with E-state index in [9.17, 15) is 4.79 Å². The van der Waals surface area contributed by atoms with Crippen LogP contribution in [0, 0.1) is 11.8 Å². The molecule has 1 aliphatic rings. The number of hydrogen-bond acceptors (Lipinski definition) is 1. The standard InChI is InChI=1S/C14H19NO/c1-9(2)10-3-4-12-8-13(14(15)16)6-5-11(12)7-10/h5-6,8-10H,3-4,7H2,1-2H3,(H2,15,16). The summed E-state index contributed by atoms with van der Waals surface area (Å²) in [6.45, 7) is 4.57. The minimum Gasteiger partial charge on any atom is -0.366 e. The van der Waals surface area contributed by atoms with Gasteiger partial charge in [0.05, 0.1) is 0 Å². The number of hydrogen-bond donors (Lipinski definition) is 1. The number of aryl methyl sites for hydroxylation is 1. The Labute approximate surface area is 96.8 Å². The zero-order valence-electron chi connectivity index (χ0n) is 9.99. The van der Waals surface area contributed by atoms with Crippen LogP contribution < -0.4 is 5.73 Å². The van der Waals surface area contributed by atoms with Gasteiger partial charge in [-0.25, -0.2) is 0 Å². The number of carbonyl (C=O) groups is 1. The van der Waals surface area contributed by atoms with E-state index in [-0.39, 0.29) is 5.91 Å².